The Morgan fingerprint density at radius 2 is 1.82 bits per heavy atom. The molecule has 0 saturated carbocycles. The van der Waals surface area contributed by atoms with Crippen LogP contribution in [-0.4, -0.2) is 45.2 Å². The van der Waals surface area contributed by atoms with Crippen molar-refractivity contribution in [2.75, 3.05) is 27.3 Å². The van der Waals surface area contributed by atoms with Gasteiger partial charge in [-0.3, -0.25) is 9.59 Å². The maximum atomic E-state index is 11.7. The number of nitrogens with two attached hydrogens (primary N) is 1. The van der Waals surface area contributed by atoms with Crippen LogP contribution in [0.3, 0.4) is 0 Å². The molecular weight excluding hydrogens is 286 g/mol. The molecule has 4 N–H and O–H groups in total. The normalized spacial score (nSPS) is 11.6. The third kappa shape index (κ3) is 6.55. The predicted molar refractivity (Wildman–Crippen MR) is 82.3 cm³/mol. The molecule has 7 heteroatoms. The van der Waals surface area contributed by atoms with Gasteiger partial charge in [0.1, 0.15) is 5.75 Å². The van der Waals surface area contributed by atoms with E-state index in [4.69, 9.17) is 15.2 Å². The van der Waals surface area contributed by atoms with E-state index in [1.54, 1.807) is 7.11 Å². The Kier molecular flexibility index (Phi) is 7.95. The fourth-order valence-corrected chi connectivity index (χ4v) is 1.73. The number of nitrogens with one attached hydrogen (secondary N) is 2. The molecule has 122 valence electrons. The van der Waals surface area contributed by atoms with Crippen molar-refractivity contribution in [1.82, 2.24) is 10.6 Å². The van der Waals surface area contributed by atoms with E-state index in [9.17, 15) is 9.59 Å². The molecule has 0 aromatic heterocycles. The highest BCUT2D eigenvalue weighted by molar-refractivity contribution is 5.84. The largest absolute Gasteiger partial charge is 0.497 e. The van der Waals surface area contributed by atoms with Gasteiger partial charge in [0, 0.05) is 20.2 Å². The quantitative estimate of drug-likeness (QED) is 0.586. The highest BCUT2D eigenvalue weighted by Crippen LogP contribution is 2.10. The smallest absolute Gasteiger partial charge is 0.239 e. The summed E-state index contributed by atoms with van der Waals surface area (Å²) in [7, 11) is 3.09. The summed E-state index contributed by atoms with van der Waals surface area (Å²) in [5.41, 5.74) is 6.37. The summed E-state index contributed by atoms with van der Waals surface area (Å²) >= 11 is 0. The summed E-state index contributed by atoms with van der Waals surface area (Å²) in [6, 6.07) is 7.37. The average Bonchev–Trinajstić information content (AvgIpc) is 2.56. The van der Waals surface area contributed by atoms with Crippen LogP contribution >= 0.6 is 0 Å². The molecule has 1 aromatic carbocycles. The molecule has 2 amide bonds. The Hall–Kier alpha value is -2.12. The Morgan fingerprint density at radius 3 is 2.36 bits per heavy atom. The molecule has 0 aliphatic heterocycles. The number of ether oxygens (including phenoxy) is 2. The molecular formula is C15H23N3O4. The highest BCUT2D eigenvalue weighted by Gasteiger charge is 2.12. The number of carbonyl (C=O) groups excluding carboxylic acids is 2. The van der Waals surface area contributed by atoms with Crippen molar-refractivity contribution < 1.29 is 19.1 Å². The number of hydrogen-bond donors (Lipinski definition) is 3. The lowest BCUT2D eigenvalue weighted by Gasteiger charge is -2.12. The lowest BCUT2D eigenvalue weighted by Crippen LogP contribution is -2.38. The molecule has 0 radical (unpaired) electrons. The molecule has 22 heavy (non-hydrogen) atoms. The lowest BCUT2D eigenvalue weighted by atomic mass is 10.2. The van der Waals surface area contributed by atoms with Gasteiger partial charge >= 0.3 is 0 Å². The number of benzene rings is 1. The number of hydrogen-bond acceptors (Lipinski definition) is 5. The second-order valence-corrected chi connectivity index (χ2v) is 4.70. The van der Waals surface area contributed by atoms with Crippen molar-refractivity contribution in [3.05, 3.63) is 29.8 Å². The summed E-state index contributed by atoms with van der Waals surface area (Å²) in [4.78, 5) is 23.2. The number of rotatable bonds is 9. The summed E-state index contributed by atoms with van der Waals surface area (Å²) in [5, 5.41) is 5.25. The molecule has 0 aliphatic carbocycles. The van der Waals surface area contributed by atoms with Gasteiger partial charge in [-0.15, -0.1) is 0 Å². The molecule has 0 heterocycles. The Morgan fingerprint density at radius 1 is 1.14 bits per heavy atom. The third-order valence-corrected chi connectivity index (χ3v) is 3.10. The SMILES string of the molecule is COc1ccc(CNC(=O)CNC(=O)CC(CN)OC)cc1. The van der Waals surface area contributed by atoms with Crippen molar-refractivity contribution in [2.24, 2.45) is 5.73 Å². The minimum atomic E-state index is -0.331. The van der Waals surface area contributed by atoms with Gasteiger partial charge < -0.3 is 25.8 Å². The molecule has 0 bridgehead atoms. The van der Waals surface area contributed by atoms with Crippen LogP contribution in [0.25, 0.3) is 0 Å². The summed E-state index contributed by atoms with van der Waals surface area (Å²) in [5.74, 6) is 0.234. The van der Waals surface area contributed by atoms with Gasteiger partial charge in [-0.05, 0) is 17.7 Å². The molecule has 0 spiro atoms. The molecule has 1 unspecified atom stereocenters. The van der Waals surface area contributed by atoms with Crippen LogP contribution < -0.4 is 21.1 Å². The molecule has 1 rings (SSSR count). The molecule has 0 saturated heterocycles. The van der Waals surface area contributed by atoms with Crippen LogP contribution in [0, 0.1) is 0 Å². The van der Waals surface area contributed by atoms with E-state index in [0.717, 1.165) is 11.3 Å². The number of carbonyl (C=O) groups is 2. The summed E-state index contributed by atoms with van der Waals surface area (Å²) < 4.78 is 10.1. The summed E-state index contributed by atoms with van der Waals surface area (Å²) in [6.07, 6.45) is -0.193. The first-order valence-electron chi connectivity index (χ1n) is 6.98. The van der Waals surface area contributed by atoms with Crippen molar-refractivity contribution in [2.45, 2.75) is 19.1 Å². The van der Waals surface area contributed by atoms with Crippen LogP contribution in [0.2, 0.25) is 0 Å². The first-order valence-corrected chi connectivity index (χ1v) is 6.98. The minimum Gasteiger partial charge on any atom is -0.497 e. The van der Waals surface area contributed by atoms with Gasteiger partial charge in [0.25, 0.3) is 0 Å². The van der Waals surface area contributed by atoms with E-state index in [1.165, 1.54) is 7.11 Å². The number of methoxy groups -OCH3 is 2. The molecule has 1 atom stereocenters. The zero-order chi connectivity index (χ0) is 16.4. The predicted octanol–water partition coefficient (Wildman–Crippen LogP) is -0.209. The fraction of sp³-hybridized carbons (Fsp3) is 0.467. The zero-order valence-corrected chi connectivity index (χ0v) is 12.9. The lowest BCUT2D eigenvalue weighted by molar-refractivity contribution is -0.127. The molecule has 1 aromatic rings. The van der Waals surface area contributed by atoms with E-state index in [1.807, 2.05) is 24.3 Å². The van der Waals surface area contributed by atoms with Gasteiger partial charge in [0.05, 0.1) is 26.2 Å². The van der Waals surface area contributed by atoms with E-state index < -0.39 is 0 Å². The monoisotopic (exact) mass is 309 g/mol. The Balaban J connectivity index is 2.26. The number of amides is 2. The van der Waals surface area contributed by atoms with Crippen LogP contribution in [0.4, 0.5) is 0 Å². The van der Waals surface area contributed by atoms with E-state index in [2.05, 4.69) is 10.6 Å². The first-order chi connectivity index (χ1) is 10.6. The van der Waals surface area contributed by atoms with E-state index >= 15 is 0 Å². The molecule has 7 nitrogen and oxygen atoms in total. The molecule has 0 aliphatic rings. The maximum Gasteiger partial charge on any atom is 0.239 e. The van der Waals surface area contributed by atoms with Gasteiger partial charge in [0.2, 0.25) is 11.8 Å². The maximum absolute atomic E-state index is 11.7. The standard InChI is InChI=1S/C15H23N3O4/c1-21-12-5-3-11(4-6-12)9-17-15(20)10-18-14(19)7-13(8-16)22-2/h3-6,13H,7-10,16H2,1-2H3,(H,17,20)(H,18,19). The third-order valence-electron chi connectivity index (χ3n) is 3.10. The van der Waals surface area contributed by atoms with Gasteiger partial charge in [-0.1, -0.05) is 12.1 Å². The molecule has 0 fully saturated rings. The van der Waals surface area contributed by atoms with E-state index in [0.29, 0.717) is 6.54 Å². The minimum absolute atomic E-state index is 0.0734. The van der Waals surface area contributed by atoms with Gasteiger partial charge in [-0.25, -0.2) is 0 Å². The second kappa shape index (κ2) is 9.75. The van der Waals surface area contributed by atoms with Crippen molar-refractivity contribution in [3.8, 4) is 5.75 Å². The van der Waals surface area contributed by atoms with Gasteiger partial charge in [-0.2, -0.15) is 0 Å². The highest BCUT2D eigenvalue weighted by atomic mass is 16.5. The van der Waals surface area contributed by atoms with Crippen LogP contribution in [0.5, 0.6) is 5.75 Å². The van der Waals surface area contributed by atoms with Gasteiger partial charge in [0.15, 0.2) is 0 Å². The average molecular weight is 309 g/mol. The van der Waals surface area contributed by atoms with Crippen molar-refractivity contribution in [1.29, 1.82) is 0 Å². The van der Waals surface area contributed by atoms with E-state index in [-0.39, 0.29) is 37.4 Å². The summed E-state index contributed by atoms with van der Waals surface area (Å²) in [6.45, 7) is 0.575. The fourth-order valence-electron chi connectivity index (χ4n) is 1.73. The Bertz CT molecular complexity index is 472. The topological polar surface area (TPSA) is 103 Å². The van der Waals surface area contributed by atoms with Crippen molar-refractivity contribution >= 4 is 11.8 Å². The first kappa shape index (κ1) is 17.9. The van der Waals surface area contributed by atoms with Crippen LogP contribution in [-0.2, 0) is 20.9 Å². The zero-order valence-electron chi connectivity index (χ0n) is 12.9. The Labute approximate surface area is 130 Å². The van der Waals surface area contributed by atoms with Crippen LogP contribution in [0.1, 0.15) is 12.0 Å². The second-order valence-electron chi connectivity index (χ2n) is 4.70. The van der Waals surface area contributed by atoms with Crippen LogP contribution in [0.15, 0.2) is 24.3 Å². The van der Waals surface area contributed by atoms with Crippen molar-refractivity contribution in [3.63, 3.8) is 0 Å².